The molecule has 1 fully saturated rings. The van der Waals surface area contributed by atoms with E-state index >= 15 is 0 Å². The van der Waals surface area contributed by atoms with Gasteiger partial charge in [0, 0.05) is 29.8 Å². The molecule has 5 N–H and O–H groups in total. The van der Waals surface area contributed by atoms with Gasteiger partial charge in [-0.2, -0.15) is 4.73 Å². The number of aliphatic hydroxyl groups excluding tert-OH is 1. The monoisotopic (exact) mass is 442 g/mol. The number of anilines is 1. The summed E-state index contributed by atoms with van der Waals surface area (Å²) in [6.07, 6.45) is 3.20. The van der Waals surface area contributed by atoms with Crippen molar-refractivity contribution in [2.45, 2.75) is 25.5 Å². The van der Waals surface area contributed by atoms with E-state index in [0.717, 1.165) is 12.8 Å². The van der Waals surface area contributed by atoms with Crippen molar-refractivity contribution in [3.05, 3.63) is 64.0 Å². The summed E-state index contributed by atoms with van der Waals surface area (Å²) < 4.78 is 6.49. The van der Waals surface area contributed by atoms with Crippen molar-refractivity contribution >= 4 is 40.1 Å². The summed E-state index contributed by atoms with van der Waals surface area (Å²) in [5.41, 5.74) is 6.35. The molecule has 0 unspecified atom stereocenters. The maximum atomic E-state index is 12.2. The molecule has 0 radical (unpaired) electrons. The number of nitrogens with zero attached hydrogens (tertiary/aromatic N) is 1. The Bertz CT molecular complexity index is 1200. The molecule has 4 rings (SSSR count). The Kier molecular flexibility index (Phi) is 5.53. The standard InChI is InChI=1S/C21H19ClN4O5/c22-16-8-13(3-4-17(16)25-21(29)24-12-1-2-12)31-19-5-6-26(30)18-7-11(10-27)14(20(23)28)9-15(18)19/h3-9,12,27H,1-2,10H2,(H2,23,28)(H2,24,25,29). The summed E-state index contributed by atoms with van der Waals surface area (Å²) >= 11 is 6.28. The van der Waals surface area contributed by atoms with Crippen LogP contribution in [0.3, 0.4) is 0 Å². The number of hydrogen-bond acceptors (Lipinski definition) is 5. The SMILES string of the molecule is NC(=O)c1cc2c(Oc3ccc(NC(=O)NC4CC4)c(Cl)c3)cc[n+]([O-])c2cc1CO. The number of pyridine rings is 1. The summed E-state index contributed by atoms with van der Waals surface area (Å²) in [5.74, 6) is -0.0894. The molecule has 0 bridgehead atoms. The number of benzene rings is 2. The van der Waals surface area contributed by atoms with Gasteiger partial charge >= 0.3 is 6.03 Å². The van der Waals surface area contributed by atoms with Crippen LogP contribution < -0.4 is 25.8 Å². The third kappa shape index (κ3) is 4.47. The average Bonchev–Trinajstić information content (AvgIpc) is 3.55. The van der Waals surface area contributed by atoms with Gasteiger partial charge in [-0.3, -0.25) is 4.79 Å². The van der Waals surface area contributed by atoms with Crippen LogP contribution in [0.2, 0.25) is 5.02 Å². The van der Waals surface area contributed by atoms with Crippen LogP contribution in [0.4, 0.5) is 10.5 Å². The molecule has 3 amide bonds. The van der Waals surface area contributed by atoms with Gasteiger partial charge in [0.1, 0.15) is 11.5 Å². The molecule has 0 saturated heterocycles. The lowest BCUT2D eigenvalue weighted by atomic mass is 10.0. The Morgan fingerprint density at radius 1 is 1.26 bits per heavy atom. The van der Waals surface area contributed by atoms with Crippen molar-refractivity contribution < 1.29 is 24.2 Å². The number of nitrogens with two attached hydrogens (primary N) is 1. The van der Waals surface area contributed by atoms with Crippen LogP contribution in [0.15, 0.2) is 42.6 Å². The Balaban J connectivity index is 1.64. The van der Waals surface area contributed by atoms with Gasteiger partial charge in [-0.05, 0) is 36.6 Å². The van der Waals surface area contributed by atoms with E-state index in [4.69, 9.17) is 22.1 Å². The van der Waals surface area contributed by atoms with Crippen LogP contribution in [-0.4, -0.2) is 23.1 Å². The highest BCUT2D eigenvalue weighted by atomic mass is 35.5. The average molecular weight is 443 g/mol. The number of ether oxygens (including phenoxy) is 1. The van der Waals surface area contributed by atoms with Crippen LogP contribution >= 0.6 is 11.6 Å². The smallest absolute Gasteiger partial charge is 0.319 e. The Hall–Kier alpha value is -3.56. The van der Waals surface area contributed by atoms with Crippen molar-refractivity contribution in [2.24, 2.45) is 5.73 Å². The maximum absolute atomic E-state index is 12.2. The van der Waals surface area contributed by atoms with Gasteiger partial charge in [-0.1, -0.05) is 11.6 Å². The van der Waals surface area contributed by atoms with E-state index in [1.807, 2.05) is 0 Å². The zero-order valence-electron chi connectivity index (χ0n) is 16.2. The Morgan fingerprint density at radius 3 is 2.68 bits per heavy atom. The first-order valence-corrected chi connectivity index (χ1v) is 9.88. The number of urea groups is 1. The van der Waals surface area contributed by atoms with Gasteiger partial charge in [0.05, 0.1) is 22.7 Å². The lowest BCUT2D eigenvalue weighted by Gasteiger charge is -2.13. The number of carbonyl (C=O) groups excluding carboxylic acids is 2. The van der Waals surface area contributed by atoms with Crippen LogP contribution in [0, 0.1) is 5.21 Å². The van der Waals surface area contributed by atoms with E-state index in [0.29, 0.717) is 21.6 Å². The van der Waals surface area contributed by atoms with Crippen molar-refractivity contribution in [1.29, 1.82) is 0 Å². The quantitative estimate of drug-likeness (QED) is 0.343. The topological polar surface area (TPSA) is 141 Å². The highest BCUT2D eigenvalue weighted by Crippen LogP contribution is 2.33. The molecular weight excluding hydrogens is 424 g/mol. The number of nitrogens with one attached hydrogen (secondary N) is 2. The fourth-order valence-corrected chi connectivity index (χ4v) is 3.34. The molecule has 0 spiro atoms. The minimum absolute atomic E-state index is 0.0882. The Morgan fingerprint density at radius 2 is 2.03 bits per heavy atom. The first kappa shape index (κ1) is 20.7. The lowest BCUT2D eigenvalue weighted by Crippen LogP contribution is -2.30. The molecule has 1 heterocycles. The predicted molar refractivity (Wildman–Crippen MR) is 114 cm³/mol. The number of carbonyl (C=O) groups is 2. The normalized spacial score (nSPS) is 13.1. The summed E-state index contributed by atoms with van der Waals surface area (Å²) in [6.45, 7) is -0.447. The fourth-order valence-electron chi connectivity index (χ4n) is 3.12. The number of halogens is 1. The van der Waals surface area contributed by atoms with Gasteiger partial charge in [-0.15, -0.1) is 0 Å². The van der Waals surface area contributed by atoms with Crippen molar-refractivity contribution in [1.82, 2.24) is 5.32 Å². The molecule has 1 aromatic heterocycles. The van der Waals surface area contributed by atoms with E-state index in [9.17, 15) is 19.9 Å². The molecule has 2 aromatic carbocycles. The minimum atomic E-state index is -0.735. The number of fused-ring (bicyclic) bond motifs is 1. The first-order valence-electron chi connectivity index (χ1n) is 9.50. The largest absolute Gasteiger partial charge is 0.618 e. The van der Waals surface area contributed by atoms with Gasteiger partial charge in [-0.25, -0.2) is 4.79 Å². The van der Waals surface area contributed by atoms with Crippen LogP contribution in [0.5, 0.6) is 11.5 Å². The third-order valence-corrected chi connectivity index (χ3v) is 5.16. The number of primary amides is 1. The van der Waals surface area contributed by atoms with E-state index in [2.05, 4.69) is 10.6 Å². The number of aromatic nitrogens is 1. The molecule has 0 aliphatic heterocycles. The second-order valence-electron chi connectivity index (χ2n) is 7.17. The minimum Gasteiger partial charge on any atom is -0.618 e. The first-order chi connectivity index (χ1) is 14.9. The molecule has 9 nitrogen and oxygen atoms in total. The molecule has 10 heteroatoms. The highest BCUT2D eigenvalue weighted by molar-refractivity contribution is 6.33. The molecule has 0 atom stereocenters. The third-order valence-electron chi connectivity index (χ3n) is 4.85. The molecule has 3 aromatic rings. The molecule has 160 valence electrons. The summed E-state index contributed by atoms with van der Waals surface area (Å²) in [5, 5.41) is 27.8. The Labute approximate surface area is 182 Å². The predicted octanol–water partition coefficient (Wildman–Crippen LogP) is 2.79. The van der Waals surface area contributed by atoms with Crippen molar-refractivity contribution in [3.8, 4) is 11.5 Å². The van der Waals surface area contributed by atoms with Gasteiger partial charge < -0.3 is 31.4 Å². The number of amides is 3. The van der Waals surface area contributed by atoms with Gasteiger partial charge in [0.2, 0.25) is 11.4 Å². The van der Waals surface area contributed by atoms with E-state index < -0.39 is 12.5 Å². The second kappa shape index (κ2) is 8.29. The summed E-state index contributed by atoms with van der Waals surface area (Å²) in [7, 11) is 0. The molecule has 1 aliphatic rings. The summed E-state index contributed by atoms with van der Waals surface area (Å²) in [6, 6.07) is 8.87. The van der Waals surface area contributed by atoms with E-state index in [1.54, 1.807) is 12.1 Å². The lowest BCUT2D eigenvalue weighted by molar-refractivity contribution is -0.577. The number of aliphatic hydroxyl groups is 1. The van der Waals surface area contributed by atoms with Gasteiger partial charge in [0.15, 0.2) is 6.20 Å². The van der Waals surface area contributed by atoms with Crippen LogP contribution in [-0.2, 0) is 6.61 Å². The zero-order chi connectivity index (χ0) is 22.1. The molecule has 1 saturated carbocycles. The van der Waals surface area contributed by atoms with E-state index in [-0.39, 0.29) is 39.5 Å². The zero-order valence-corrected chi connectivity index (χ0v) is 17.0. The molecular formula is C21H19ClN4O5. The maximum Gasteiger partial charge on any atom is 0.319 e. The fraction of sp³-hybridized carbons (Fsp3) is 0.190. The number of rotatable bonds is 6. The molecule has 1 aliphatic carbocycles. The van der Waals surface area contributed by atoms with E-state index in [1.165, 1.54) is 30.5 Å². The molecule has 31 heavy (non-hydrogen) atoms. The second-order valence-corrected chi connectivity index (χ2v) is 7.58. The van der Waals surface area contributed by atoms with Crippen molar-refractivity contribution in [2.75, 3.05) is 5.32 Å². The van der Waals surface area contributed by atoms with Gasteiger partial charge in [0.25, 0.3) is 0 Å². The highest BCUT2D eigenvalue weighted by Gasteiger charge is 2.23. The van der Waals surface area contributed by atoms with Crippen molar-refractivity contribution in [3.63, 3.8) is 0 Å². The summed E-state index contributed by atoms with van der Waals surface area (Å²) in [4.78, 5) is 23.7. The van der Waals surface area contributed by atoms with Crippen LogP contribution in [0.25, 0.3) is 10.9 Å². The number of hydrogen-bond donors (Lipinski definition) is 4. The van der Waals surface area contributed by atoms with Crippen LogP contribution in [0.1, 0.15) is 28.8 Å².